The molecule has 1 heterocycles. The minimum Gasteiger partial charge on any atom is -0.492 e. The maximum absolute atomic E-state index is 6.11. The van der Waals surface area contributed by atoms with Gasteiger partial charge < -0.3 is 9.30 Å². The van der Waals surface area contributed by atoms with Crippen LogP contribution in [0.4, 0.5) is 0 Å². The molecule has 1 aliphatic carbocycles. The molecule has 1 aromatic carbocycles. The largest absolute Gasteiger partial charge is 0.492 e. The molecule has 1 fully saturated rings. The number of hydrogen-bond acceptors (Lipinski definition) is 4. The summed E-state index contributed by atoms with van der Waals surface area (Å²) >= 11 is 1.76. The lowest BCUT2D eigenvalue weighted by atomic mass is 9.95. The second-order valence-corrected chi connectivity index (χ2v) is 8.65. The highest BCUT2D eigenvalue weighted by atomic mass is 32.2. The number of aryl methyl sites for hydroxylation is 2. The highest BCUT2D eigenvalue weighted by molar-refractivity contribution is 7.99. The molecule has 142 valence electrons. The first-order chi connectivity index (χ1) is 12.6. The predicted octanol–water partition coefficient (Wildman–Crippen LogP) is 5.69. The van der Waals surface area contributed by atoms with E-state index >= 15 is 0 Å². The Morgan fingerprint density at radius 1 is 1.15 bits per heavy atom. The lowest BCUT2D eigenvalue weighted by Gasteiger charge is -2.25. The van der Waals surface area contributed by atoms with E-state index in [1.807, 2.05) is 0 Å². The van der Waals surface area contributed by atoms with Crippen molar-refractivity contribution in [1.29, 1.82) is 0 Å². The molecule has 1 aromatic heterocycles. The number of aromatic nitrogens is 3. The summed E-state index contributed by atoms with van der Waals surface area (Å²) in [5, 5.41) is 9.79. The Kier molecular flexibility index (Phi) is 6.63. The summed E-state index contributed by atoms with van der Waals surface area (Å²) < 4.78 is 8.47. The first-order valence-electron chi connectivity index (χ1n) is 9.84. The van der Waals surface area contributed by atoms with Gasteiger partial charge in [-0.3, -0.25) is 0 Å². The number of nitrogens with zero attached hydrogens (tertiary/aromatic N) is 3. The van der Waals surface area contributed by atoms with Crippen molar-refractivity contribution < 1.29 is 4.74 Å². The van der Waals surface area contributed by atoms with Gasteiger partial charge in [-0.15, -0.1) is 10.2 Å². The second-order valence-electron chi connectivity index (χ2n) is 7.58. The Bertz CT molecular complexity index is 720. The monoisotopic (exact) mass is 373 g/mol. The van der Waals surface area contributed by atoms with E-state index in [0.717, 1.165) is 22.5 Å². The van der Waals surface area contributed by atoms with Crippen molar-refractivity contribution >= 4 is 11.8 Å². The normalized spacial score (nSPS) is 15.6. The fourth-order valence-electron chi connectivity index (χ4n) is 3.74. The third-order valence-electron chi connectivity index (χ3n) is 5.14. The molecule has 3 rings (SSSR count). The van der Waals surface area contributed by atoms with Crippen LogP contribution in [-0.2, 0) is 0 Å². The summed E-state index contributed by atoms with van der Waals surface area (Å²) in [5.41, 5.74) is 2.52. The molecule has 26 heavy (non-hydrogen) atoms. The minimum absolute atomic E-state index is 0.468. The fraction of sp³-hybridized carbons (Fsp3) is 0.619. The maximum Gasteiger partial charge on any atom is 0.191 e. The van der Waals surface area contributed by atoms with Gasteiger partial charge in [-0.2, -0.15) is 0 Å². The molecule has 0 atom stereocenters. The van der Waals surface area contributed by atoms with Crippen LogP contribution < -0.4 is 4.74 Å². The molecule has 2 aromatic rings. The van der Waals surface area contributed by atoms with Gasteiger partial charge in [0.1, 0.15) is 11.6 Å². The van der Waals surface area contributed by atoms with Crippen LogP contribution >= 0.6 is 11.8 Å². The predicted molar refractivity (Wildman–Crippen MR) is 108 cm³/mol. The maximum atomic E-state index is 6.11. The van der Waals surface area contributed by atoms with E-state index in [-0.39, 0.29) is 0 Å². The Morgan fingerprint density at radius 2 is 1.92 bits per heavy atom. The van der Waals surface area contributed by atoms with Crippen LogP contribution in [0.15, 0.2) is 23.4 Å². The summed E-state index contributed by atoms with van der Waals surface area (Å²) in [6, 6.07) is 7.07. The molecule has 4 nitrogen and oxygen atoms in total. The quantitative estimate of drug-likeness (QED) is 0.461. The summed E-state index contributed by atoms with van der Waals surface area (Å²) in [6.07, 6.45) is 6.51. The number of rotatable bonds is 7. The molecular weight excluding hydrogens is 342 g/mol. The number of hydrogen-bond donors (Lipinski definition) is 0. The van der Waals surface area contributed by atoms with Crippen LogP contribution in [0.1, 0.15) is 74.9 Å². The smallest absolute Gasteiger partial charge is 0.191 e. The summed E-state index contributed by atoms with van der Waals surface area (Å²) in [7, 11) is 0. The molecule has 0 radical (unpaired) electrons. The Labute approximate surface area is 161 Å². The van der Waals surface area contributed by atoms with E-state index in [9.17, 15) is 0 Å². The lowest BCUT2D eigenvalue weighted by molar-refractivity contribution is 0.329. The van der Waals surface area contributed by atoms with Gasteiger partial charge in [-0.25, -0.2) is 0 Å². The molecule has 0 bridgehead atoms. The SMILES string of the molecule is Cc1ccc(C(C)C)c(OCCSc2nnc(C)n2C2CCCCC2)c1. The number of ether oxygens (including phenoxy) is 1. The van der Waals surface area contributed by atoms with Gasteiger partial charge in [0, 0.05) is 11.8 Å². The van der Waals surface area contributed by atoms with Gasteiger partial charge in [-0.1, -0.05) is 57.0 Å². The molecule has 0 aliphatic heterocycles. The van der Waals surface area contributed by atoms with E-state index in [1.54, 1.807) is 11.8 Å². The van der Waals surface area contributed by atoms with Crippen LogP contribution in [0.2, 0.25) is 0 Å². The minimum atomic E-state index is 0.468. The van der Waals surface area contributed by atoms with Gasteiger partial charge in [0.2, 0.25) is 0 Å². The van der Waals surface area contributed by atoms with E-state index in [4.69, 9.17) is 4.74 Å². The van der Waals surface area contributed by atoms with E-state index in [0.29, 0.717) is 18.6 Å². The Balaban J connectivity index is 1.59. The van der Waals surface area contributed by atoms with Gasteiger partial charge in [-0.05, 0) is 49.8 Å². The zero-order valence-electron chi connectivity index (χ0n) is 16.5. The molecule has 1 aliphatic rings. The summed E-state index contributed by atoms with van der Waals surface area (Å²) in [6.45, 7) is 9.29. The summed E-state index contributed by atoms with van der Waals surface area (Å²) in [4.78, 5) is 0. The Hall–Kier alpha value is -1.49. The molecule has 0 amide bonds. The van der Waals surface area contributed by atoms with Gasteiger partial charge in [0.25, 0.3) is 0 Å². The average molecular weight is 374 g/mol. The van der Waals surface area contributed by atoms with Gasteiger partial charge in [0.15, 0.2) is 5.16 Å². The zero-order chi connectivity index (χ0) is 18.5. The standard InChI is InChI=1S/C21H31N3OS/c1-15(2)19-11-10-16(3)14-20(19)25-12-13-26-21-23-22-17(4)24(21)18-8-6-5-7-9-18/h10-11,14-15,18H,5-9,12-13H2,1-4H3. The number of thioether (sulfide) groups is 1. The van der Waals surface area contributed by atoms with E-state index in [2.05, 4.69) is 60.7 Å². The fourth-order valence-corrected chi connectivity index (χ4v) is 4.60. The van der Waals surface area contributed by atoms with Crippen LogP contribution in [-0.4, -0.2) is 27.1 Å². The van der Waals surface area contributed by atoms with Crippen LogP contribution in [0, 0.1) is 13.8 Å². The van der Waals surface area contributed by atoms with Crippen LogP contribution in [0.25, 0.3) is 0 Å². The third-order valence-corrected chi connectivity index (χ3v) is 6.05. The van der Waals surface area contributed by atoms with Crippen molar-refractivity contribution in [3.63, 3.8) is 0 Å². The summed E-state index contributed by atoms with van der Waals surface area (Å²) in [5.74, 6) is 3.41. The molecule has 5 heteroatoms. The van der Waals surface area contributed by atoms with Gasteiger partial charge >= 0.3 is 0 Å². The highest BCUT2D eigenvalue weighted by Gasteiger charge is 2.21. The molecule has 0 saturated heterocycles. The highest BCUT2D eigenvalue weighted by Crippen LogP contribution is 2.32. The lowest BCUT2D eigenvalue weighted by Crippen LogP contribution is -2.15. The number of benzene rings is 1. The molecule has 0 spiro atoms. The molecule has 0 unspecified atom stereocenters. The molecule has 1 saturated carbocycles. The zero-order valence-corrected chi connectivity index (χ0v) is 17.3. The first-order valence-corrected chi connectivity index (χ1v) is 10.8. The first kappa shape index (κ1) is 19.3. The van der Waals surface area contributed by atoms with Gasteiger partial charge in [0.05, 0.1) is 6.61 Å². The van der Waals surface area contributed by atoms with Crippen molar-refractivity contribution in [2.75, 3.05) is 12.4 Å². The third kappa shape index (κ3) is 4.61. The molecular formula is C21H31N3OS. The van der Waals surface area contributed by atoms with E-state index < -0.39 is 0 Å². The van der Waals surface area contributed by atoms with Crippen LogP contribution in [0.3, 0.4) is 0 Å². The topological polar surface area (TPSA) is 39.9 Å². The van der Waals surface area contributed by atoms with Crippen molar-refractivity contribution in [1.82, 2.24) is 14.8 Å². The van der Waals surface area contributed by atoms with E-state index in [1.165, 1.54) is 43.2 Å². The molecule has 0 N–H and O–H groups in total. The van der Waals surface area contributed by atoms with Crippen molar-refractivity contribution in [3.05, 3.63) is 35.2 Å². The van der Waals surface area contributed by atoms with Crippen LogP contribution in [0.5, 0.6) is 5.75 Å². The van der Waals surface area contributed by atoms with Crippen molar-refractivity contribution in [2.45, 2.75) is 76.9 Å². The van der Waals surface area contributed by atoms with Crippen molar-refractivity contribution in [3.8, 4) is 5.75 Å². The Morgan fingerprint density at radius 3 is 2.65 bits per heavy atom. The van der Waals surface area contributed by atoms with Crippen molar-refractivity contribution in [2.24, 2.45) is 0 Å². The average Bonchev–Trinajstić information content (AvgIpc) is 3.00. The second kappa shape index (κ2) is 8.94.